The summed E-state index contributed by atoms with van der Waals surface area (Å²) in [5.74, 6) is -2.25. The fraction of sp³-hybridized carbons (Fsp3) is 0.235. The Morgan fingerprint density at radius 1 is 1.00 bits per heavy atom. The first-order valence-corrected chi connectivity index (χ1v) is 6.95. The highest BCUT2D eigenvalue weighted by atomic mass is 16.5. The number of carbonyl (C=O) groups excluding carboxylic acids is 3. The highest BCUT2D eigenvalue weighted by Crippen LogP contribution is 2.25. The summed E-state index contributed by atoms with van der Waals surface area (Å²) in [6.45, 7) is 1.67. The summed E-state index contributed by atoms with van der Waals surface area (Å²) in [5, 5.41) is 2.64. The van der Waals surface area contributed by atoms with Crippen molar-refractivity contribution in [1.82, 2.24) is 5.32 Å². The Hall–Kier alpha value is -2.89. The summed E-state index contributed by atoms with van der Waals surface area (Å²) in [6.07, 6.45) is 0. The van der Waals surface area contributed by atoms with Gasteiger partial charge in [-0.15, -0.1) is 0 Å². The molecule has 0 bridgehead atoms. The highest BCUT2D eigenvalue weighted by molar-refractivity contribution is 6.33. The Morgan fingerprint density at radius 2 is 1.57 bits per heavy atom. The molecule has 120 valence electrons. The van der Waals surface area contributed by atoms with Crippen LogP contribution < -0.4 is 5.32 Å². The number of hydrogen-bond donors (Lipinski definition) is 1. The monoisotopic (exact) mass is 315 g/mol. The Balaban J connectivity index is 2.24. The Kier molecular flexibility index (Phi) is 4.95. The lowest BCUT2D eigenvalue weighted by Crippen LogP contribution is -2.34. The molecule has 0 radical (unpaired) electrons. The highest BCUT2D eigenvalue weighted by Gasteiger charge is 2.37. The summed E-state index contributed by atoms with van der Waals surface area (Å²) < 4.78 is 9.86. The third-order valence-corrected chi connectivity index (χ3v) is 3.49. The van der Waals surface area contributed by atoms with Gasteiger partial charge < -0.3 is 14.8 Å². The number of rotatable bonds is 5. The predicted molar refractivity (Wildman–Crippen MR) is 82.0 cm³/mol. The van der Waals surface area contributed by atoms with E-state index in [0.717, 1.165) is 5.56 Å². The van der Waals surface area contributed by atoms with E-state index in [9.17, 15) is 14.4 Å². The normalized spacial score (nSPS) is 14.9. The van der Waals surface area contributed by atoms with Crippen molar-refractivity contribution in [2.24, 2.45) is 0 Å². The lowest BCUT2D eigenvalue weighted by atomic mass is 9.92. The maximum Gasteiger partial charge on any atom is 0.256 e. The Bertz CT molecular complexity index is 716. The smallest absolute Gasteiger partial charge is 0.256 e. The second-order valence-corrected chi connectivity index (χ2v) is 4.89. The molecule has 0 spiro atoms. The van der Waals surface area contributed by atoms with Crippen LogP contribution >= 0.6 is 0 Å². The molecule has 0 heterocycles. The molecule has 0 aliphatic heterocycles. The standard InChI is InChI=1S/C17H17NO5/c1-10-12(14(20)16(23-3)15(22-2)13(10)19)17(21)18-9-11-7-5-4-6-8-11/h4-8H,9H2,1-3H3,(H,18,21). The number of carbonyl (C=O) groups is 3. The molecule has 6 heteroatoms. The molecule has 1 N–H and O–H groups in total. The van der Waals surface area contributed by atoms with Crippen molar-refractivity contribution < 1.29 is 23.9 Å². The summed E-state index contributed by atoms with van der Waals surface area (Å²) in [4.78, 5) is 36.9. The maximum absolute atomic E-state index is 12.4. The van der Waals surface area contributed by atoms with Crippen LogP contribution in [-0.2, 0) is 30.4 Å². The summed E-state index contributed by atoms with van der Waals surface area (Å²) in [7, 11) is 2.52. The molecule has 0 saturated carbocycles. The van der Waals surface area contributed by atoms with Gasteiger partial charge in [-0.25, -0.2) is 0 Å². The van der Waals surface area contributed by atoms with Crippen LogP contribution in [0.5, 0.6) is 0 Å². The van der Waals surface area contributed by atoms with Crippen molar-refractivity contribution in [3.63, 3.8) is 0 Å². The van der Waals surface area contributed by atoms with Crippen LogP contribution in [-0.4, -0.2) is 31.7 Å². The van der Waals surface area contributed by atoms with E-state index >= 15 is 0 Å². The number of nitrogens with one attached hydrogen (secondary N) is 1. The third-order valence-electron chi connectivity index (χ3n) is 3.49. The molecule has 1 aliphatic rings. The van der Waals surface area contributed by atoms with Gasteiger partial charge in [0, 0.05) is 12.1 Å². The summed E-state index contributed by atoms with van der Waals surface area (Å²) in [6, 6.07) is 9.25. The topological polar surface area (TPSA) is 81.7 Å². The van der Waals surface area contributed by atoms with Crippen molar-refractivity contribution in [2.45, 2.75) is 13.5 Å². The van der Waals surface area contributed by atoms with E-state index in [1.807, 2.05) is 30.3 Å². The van der Waals surface area contributed by atoms with Gasteiger partial charge in [-0.3, -0.25) is 14.4 Å². The van der Waals surface area contributed by atoms with Crippen LogP contribution in [0, 0.1) is 0 Å². The van der Waals surface area contributed by atoms with E-state index in [1.165, 1.54) is 21.1 Å². The molecule has 0 atom stereocenters. The first kappa shape index (κ1) is 16.5. The largest absolute Gasteiger partial charge is 0.489 e. The number of methoxy groups -OCH3 is 2. The fourth-order valence-electron chi connectivity index (χ4n) is 2.28. The second-order valence-electron chi connectivity index (χ2n) is 4.89. The van der Waals surface area contributed by atoms with E-state index in [-0.39, 0.29) is 29.2 Å². The minimum Gasteiger partial charge on any atom is -0.489 e. The minimum absolute atomic E-state index is 0.0400. The van der Waals surface area contributed by atoms with Crippen LogP contribution in [0.4, 0.5) is 0 Å². The number of benzene rings is 1. The second kappa shape index (κ2) is 6.91. The first-order chi connectivity index (χ1) is 11.0. The molecule has 0 unspecified atom stereocenters. The Labute approximate surface area is 133 Å². The van der Waals surface area contributed by atoms with Crippen LogP contribution in [0.1, 0.15) is 12.5 Å². The lowest BCUT2D eigenvalue weighted by Gasteiger charge is -2.19. The molecule has 0 aromatic heterocycles. The zero-order valence-corrected chi connectivity index (χ0v) is 13.1. The maximum atomic E-state index is 12.4. The van der Waals surface area contributed by atoms with Crippen LogP contribution in [0.15, 0.2) is 53.0 Å². The van der Waals surface area contributed by atoms with Crippen LogP contribution in [0.2, 0.25) is 0 Å². The average molecular weight is 315 g/mol. The van der Waals surface area contributed by atoms with E-state index in [1.54, 1.807) is 0 Å². The van der Waals surface area contributed by atoms with Gasteiger partial charge in [0.1, 0.15) is 0 Å². The summed E-state index contributed by atoms with van der Waals surface area (Å²) >= 11 is 0. The van der Waals surface area contributed by atoms with Crippen molar-refractivity contribution in [1.29, 1.82) is 0 Å². The molecule has 1 amide bonds. The third kappa shape index (κ3) is 3.15. The number of hydrogen-bond acceptors (Lipinski definition) is 5. The SMILES string of the molecule is COC1=C(OC)C(=O)C(C(=O)NCc2ccccc2)=C(C)C1=O. The van der Waals surface area contributed by atoms with Crippen LogP contribution in [0.3, 0.4) is 0 Å². The lowest BCUT2D eigenvalue weighted by molar-refractivity contribution is -0.125. The van der Waals surface area contributed by atoms with Gasteiger partial charge in [0.25, 0.3) is 5.91 Å². The van der Waals surface area contributed by atoms with Gasteiger partial charge in [-0.1, -0.05) is 30.3 Å². The summed E-state index contributed by atoms with van der Waals surface area (Å²) in [5.41, 5.74) is 0.704. The molecule has 0 saturated heterocycles. The van der Waals surface area contributed by atoms with Gasteiger partial charge in [0.2, 0.25) is 23.1 Å². The predicted octanol–water partition coefficient (Wildman–Crippen LogP) is 1.28. The van der Waals surface area contributed by atoms with E-state index in [2.05, 4.69) is 5.32 Å². The number of allylic oxidation sites excluding steroid dienone is 2. The molecule has 2 rings (SSSR count). The molecule has 0 fully saturated rings. The molecule has 23 heavy (non-hydrogen) atoms. The minimum atomic E-state index is -0.660. The molecular weight excluding hydrogens is 298 g/mol. The van der Waals surface area contributed by atoms with Crippen LogP contribution in [0.25, 0.3) is 0 Å². The van der Waals surface area contributed by atoms with E-state index < -0.39 is 17.5 Å². The van der Waals surface area contributed by atoms with Crippen molar-refractivity contribution in [3.8, 4) is 0 Å². The van der Waals surface area contributed by atoms with Gasteiger partial charge in [0.15, 0.2) is 0 Å². The molecule has 6 nitrogen and oxygen atoms in total. The molecular formula is C17H17NO5. The molecule has 1 aromatic rings. The Morgan fingerprint density at radius 3 is 2.13 bits per heavy atom. The number of ether oxygens (including phenoxy) is 2. The van der Waals surface area contributed by atoms with Crippen molar-refractivity contribution in [2.75, 3.05) is 14.2 Å². The molecule has 1 aliphatic carbocycles. The molecule has 1 aromatic carbocycles. The van der Waals surface area contributed by atoms with E-state index in [0.29, 0.717) is 0 Å². The van der Waals surface area contributed by atoms with Gasteiger partial charge in [0.05, 0.1) is 19.8 Å². The zero-order valence-electron chi connectivity index (χ0n) is 13.1. The number of Topliss-reactive ketones (excluding diaryl/α,β-unsaturated/α-hetero) is 2. The zero-order chi connectivity index (χ0) is 17.0. The number of ketones is 2. The van der Waals surface area contributed by atoms with Gasteiger partial charge in [-0.05, 0) is 12.5 Å². The fourth-order valence-corrected chi connectivity index (χ4v) is 2.28. The van der Waals surface area contributed by atoms with Crippen molar-refractivity contribution in [3.05, 3.63) is 58.6 Å². The van der Waals surface area contributed by atoms with Gasteiger partial charge >= 0.3 is 0 Å². The van der Waals surface area contributed by atoms with Gasteiger partial charge in [-0.2, -0.15) is 0 Å². The quantitative estimate of drug-likeness (QED) is 0.654. The van der Waals surface area contributed by atoms with E-state index in [4.69, 9.17) is 9.47 Å². The first-order valence-electron chi connectivity index (χ1n) is 6.95. The average Bonchev–Trinajstić information content (AvgIpc) is 2.57. The number of amides is 1. The van der Waals surface area contributed by atoms with Crippen molar-refractivity contribution >= 4 is 17.5 Å².